The monoisotopic (exact) mass is 465 g/mol. The van der Waals surface area contributed by atoms with Crippen molar-refractivity contribution < 1.29 is 18.7 Å². The van der Waals surface area contributed by atoms with Gasteiger partial charge >= 0.3 is 5.97 Å². The third-order valence-electron chi connectivity index (χ3n) is 5.64. The maximum Gasteiger partial charge on any atom is 0.357 e. The van der Waals surface area contributed by atoms with Crippen molar-refractivity contribution in [2.75, 3.05) is 11.9 Å². The molecular weight excluding hydrogens is 438 g/mol. The lowest BCUT2D eigenvalue weighted by molar-refractivity contribution is -0.114. The smallest absolute Gasteiger partial charge is 0.357 e. The summed E-state index contributed by atoms with van der Waals surface area (Å²) in [5.74, 6) is 0.473. The third-order valence-corrected chi connectivity index (χ3v) is 6.87. The van der Waals surface area contributed by atoms with Crippen molar-refractivity contribution in [2.45, 2.75) is 48.1 Å². The van der Waals surface area contributed by atoms with Crippen LogP contribution in [0, 0.1) is 27.7 Å². The summed E-state index contributed by atoms with van der Waals surface area (Å²) in [6.45, 7) is 11.7. The summed E-state index contributed by atoms with van der Waals surface area (Å²) >= 11 is 1.58. The van der Waals surface area contributed by atoms with Crippen LogP contribution in [-0.4, -0.2) is 28.0 Å². The van der Waals surface area contributed by atoms with Crippen LogP contribution in [0.2, 0.25) is 0 Å². The summed E-state index contributed by atoms with van der Waals surface area (Å²) in [4.78, 5) is 31.8. The van der Waals surface area contributed by atoms with Crippen molar-refractivity contribution in [1.82, 2.24) is 9.55 Å². The number of amides is 1. The Hall–Kier alpha value is -3.39. The summed E-state index contributed by atoms with van der Waals surface area (Å²) in [5.41, 5.74) is 4.59. The number of rotatable bonds is 6. The van der Waals surface area contributed by atoms with Crippen LogP contribution in [-0.2, 0) is 16.1 Å². The van der Waals surface area contributed by atoms with Gasteiger partial charge in [-0.3, -0.25) is 4.79 Å². The van der Waals surface area contributed by atoms with Crippen LogP contribution in [0.3, 0.4) is 0 Å². The molecule has 33 heavy (non-hydrogen) atoms. The number of benzene rings is 1. The highest BCUT2D eigenvalue weighted by atomic mass is 32.1. The highest BCUT2D eigenvalue weighted by molar-refractivity contribution is 7.19. The first kappa shape index (κ1) is 22.8. The standard InChI is InChI=1S/C25H27N3O4S/c1-7-31-25(30)22-21(26-17(6)29)20-14(3)16(5)33-24(20)28(22)12-19-15(4)32-23(27-19)18-10-8-13(2)9-11-18/h8-11H,7,12H2,1-6H3,(H,26,29). The predicted molar refractivity (Wildman–Crippen MR) is 130 cm³/mol. The van der Waals surface area contributed by atoms with Crippen molar-refractivity contribution in [3.8, 4) is 11.5 Å². The van der Waals surface area contributed by atoms with Crippen LogP contribution >= 0.6 is 11.3 Å². The van der Waals surface area contributed by atoms with Gasteiger partial charge in [0, 0.05) is 22.8 Å². The van der Waals surface area contributed by atoms with Gasteiger partial charge in [-0.15, -0.1) is 11.3 Å². The molecule has 7 nitrogen and oxygen atoms in total. The summed E-state index contributed by atoms with van der Waals surface area (Å²) in [6, 6.07) is 7.98. The van der Waals surface area contributed by atoms with E-state index in [0.717, 1.165) is 31.8 Å². The number of aromatic nitrogens is 2. The molecule has 0 saturated heterocycles. The minimum absolute atomic E-state index is 0.232. The lowest BCUT2D eigenvalue weighted by Crippen LogP contribution is -2.17. The molecule has 0 atom stereocenters. The summed E-state index contributed by atoms with van der Waals surface area (Å²) in [7, 11) is 0. The number of nitrogens with one attached hydrogen (secondary N) is 1. The van der Waals surface area contributed by atoms with Crippen molar-refractivity contribution in [3.05, 3.63) is 57.4 Å². The van der Waals surface area contributed by atoms with Gasteiger partial charge in [-0.1, -0.05) is 17.7 Å². The van der Waals surface area contributed by atoms with E-state index in [1.165, 1.54) is 6.92 Å². The van der Waals surface area contributed by atoms with E-state index in [1.807, 2.05) is 56.5 Å². The molecule has 1 aromatic carbocycles. The Labute approximate surface area is 196 Å². The number of hydrogen-bond donors (Lipinski definition) is 1. The molecule has 0 aliphatic carbocycles. The van der Waals surface area contributed by atoms with Crippen LogP contribution in [0.1, 0.15) is 51.8 Å². The number of esters is 1. The Kier molecular flexibility index (Phi) is 6.12. The fraction of sp³-hybridized carbons (Fsp3) is 0.320. The molecule has 4 rings (SSSR count). The Balaban J connectivity index is 1.87. The van der Waals surface area contributed by atoms with Gasteiger partial charge in [-0.2, -0.15) is 0 Å². The molecule has 0 bridgehead atoms. The summed E-state index contributed by atoms with van der Waals surface area (Å²) in [6.07, 6.45) is 0. The molecule has 0 unspecified atom stereocenters. The van der Waals surface area contributed by atoms with Gasteiger partial charge in [0.05, 0.1) is 18.8 Å². The predicted octanol–water partition coefficient (Wildman–Crippen LogP) is 5.77. The summed E-state index contributed by atoms with van der Waals surface area (Å²) < 4.78 is 13.2. The van der Waals surface area contributed by atoms with Gasteiger partial charge in [0.2, 0.25) is 11.8 Å². The third kappa shape index (κ3) is 4.18. The molecule has 0 saturated carbocycles. The second-order valence-electron chi connectivity index (χ2n) is 8.06. The number of thiophene rings is 1. The molecular formula is C25H27N3O4S. The first-order chi connectivity index (χ1) is 15.7. The maximum atomic E-state index is 13.0. The molecule has 0 fully saturated rings. The molecule has 3 heterocycles. The first-order valence-corrected chi connectivity index (χ1v) is 11.6. The van der Waals surface area contributed by atoms with Crippen molar-refractivity contribution in [1.29, 1.82) is 0 Å². The maximum absolute atomic E-state index is 13.0. The number of anilines is 1. The van der Waals surface area contributed by atoms with Gasteiger partial charge in [0.15, 0.2) is 5.69 Å². The Morgan fingerprint density at radius 2 is 1.85 bits per heavy atom. The second kappa shape index (κ2) is 8.86. The number of aryl methyl sites for hydroxylation is 4. The van der Waals surface area contributed by atoms with Crippen LogP contribution < -0.4 is 5.32 Å². The molecule has 4 aromatic rings. The van der Waals surface area contributed by atoms with Gasteiger partial charge in [0.1, 0.15) is 16.3 Å². The molecule has 0 aliphatic heterocycles. The molecule has 0 spiro atoms. The zero-order chi connectivity index (χ0) is 23.9. The molecule has 3 aromatic heterocycles. The average Bonchev–Trinajstić information content (AvgIpc) is 3.36. The minimum atomic E-state index is -0.485. The molecule has 0 radical (unpaired) electrons. The van der Waals surface area contributed by atoms with E-state index in [4.69, 9.17) is 14.1 Å². The van der Waals surface area contributed by atoms with E-state index in [0.29, 0.717) is 35.3 Å². The SMILES string of the molecule is CCOC(=O)c1c(NC(C)=O)c2c(C)c(C)sc2n1Cc1nc(-c2ccc(C)cc2)oc1C. The van der Waals surface area contributed by atoms with Gasteiger partial charge in [-0.25, -0.2) is 9.78 Å². The second-order valence-corrected chi connectivity index (χ2v) is 9.27. The van der Waals surface area contributed by atoms with E-state index < -0.39 is 5.97 Å². The quantitative estimate of drug-likeness (QED) is 0.365. The number of fused-ring (bicyclic) bond motifs is 1. The van der Waals surface area contributed by atoms with E-state index in [9.17, 15) is 9.59 Å². The fourth-order valence-corrected chi connectivity index (χ4v) is 5.02. The Bertz CT molecular complexity index is 1360. The molecule has 8 heteroatoms. The van der Waals surface area contributed by atoms with Crippen molar-refractivity contribution in [3.63, 3.8) is 0 Å². The van der Waals surface area contributed by atoms with E-state index >= 15 is 0 Å². The largest absolute Gasteiger partial charge is 0.461 e. The minimum Gasteiger partial charge on any atom is -0.461 e. The Morgan fingerprint density at radius 3 is 2.48 bits per heavy atom. The number of oxazole rings is 1. The van der Waals surface area contributed by atoms with Crippen LogP contribution in [0.5, 0.6) is 0 Å². The van der Waals surface area contributed by atoms with Crippen molar-refractivity contribution >= 4 is 39.1 Å². The number of carbonyl (C=O) groups is 2. The van der Waals surface area contributed by atoms with Crippen LogP contribution in [0.25, 0.3) is 21.7 Å². The lowest BCUT2D eigenvalue weighted by Gasteiger charge is -2.11. The van der Waals surface area contributed by atoms with Crippen LogP contribution in [0.4, 0.5) is 5.69 Å². The highest BCUT2D eigenvalue weighted by Crippen LogP contribution is 2.41. The number of carbonyl (C=O) groups excluding carboxylic acids is 2. The first-order valence-electron chi connectivity index (χ1n) is 10.8. The van der Waals surface area contributed by atoms with E-state index in [1.54, 1.807) is 18.3 Å². The zero-order valence-corrected chi connectivity index (χ0v) is 20.5. The number of nitrogens with zero attached hydrogens (tertiary/aromatic N) is 2. The Morgan fingerprint density at radius 1 is 1.15 bits per heavy atom. The molecule has 1 amide bonds. The van der Waals surface area contributed by atoms with Gasteiger partial charge in [0.25, 0.3) is 0 Å². The topological polar surface area (TPSA) is 86.4 Å². The summed E-state index contributed by atoms with van der Waals surface area (Å²) in [5, 5.41) is 3.73. The van der Waals surface area contributed by atoms with Crippen molar-refractivity contribution in [2.24, 2.45) is 0 Å². The zero-order valence-electron chi connectivity index (χ0n) is 19.7. The van der Waals surface area contributed by atoms with Crippen LogP contribution in [0.15, 0.2) is 28.7 Å². The number of hydrogen-bond acceptors (Lipinski definition) is 6. The molecule has 172 valence electrons. The highest BCUT2D eigenvalue weighted by Gasteiger charge is 2.29. The van der Waals surface area contributed by atoms with Gasteiger partial charge in [-0.05, 0) is 52.3 Å². The van der Waals surface area contributed by atoms with Gasteiger partial charge < -0.3 is 19.0 Å². The molecule has 0 aliphatic rings. The van der Waals surface area contributed by atoms with E-state index in [-0.39, 0.29) is 12.5 Å². The van der Waals surface area contributed by atoms with E-state index in [2.05, 4.69) is 5.32 Å². The molecule has 1 N–H and O–H groups in total. The lowest BCUT2D eigenvalue weighted by atomic mass is 10.1. The fourth-order valence-electron chi connectivity index (χ4n) is 3.85. The number of ether oxygens (including phenoxy) is 1. The average molecular weight is 466 g/mol. The normalized spacial score (nSPS) is 11.2.